The number of amides is 1. The standard InChI is InChI=1S/C13H19NO3S/c1-4-8(3)11(13(16)17)14-12(15)10-7-6-9(5-2)18-10/h6-8,11H,4-5H2,1-3H3,(H,14,15)(H,16,17)/t8?,11-/m0/s1. The number of aryl methyl sites for hydroxylation is 1. The van der Waals surface area contributed by atoms with Crippen LogP contribution in [0.5, 0.6) is 0 Å². The molecule has 0 radical (unpaired) electrons. The number of hydrogen-bond donors (Lipinski definition) is 2. The fraction of sp³-hybridized carbons (Fsp3) is 0.538. The van der Waals surface area contributed by atoms with Gasteiger partial charge in [-0.05, 0) is 24.5 Å². The summed E-state index contributed by atoms with van der Waals surface area (Å²) >= 11 is 1.41. The molecule has 1 aromatic rings. The second-order valence-corrected chi connectivity index (χ2v) is 5.46. The molecule has 0 bridgehead atoms. The van der Waals surface area contributed by atoms with Gasteiger partial charge in [0.05, 0.1) is 4.88 Å². The summed E-state index contributed by atoms with van der Waals surface area (Å²) in [6, 6.07) is 2.82. The van der Waals surface area contributed by atoms with E-state index in [-0.39, 0.29) is 11.8 Å². The van der Waals surface area contributed by atoms with Gasteiger partial charge in [-0.2, -0.15) is 0 Å². The van der Waals surface area contributed by atoms with Crippen molar-refractivity contribution in [2.45, 2.75) is 39.7 Å². The van der Waals surface area contributed by atoms with E-state index in [1.54, 1.807) is 6.07 Å². The van der Waals surface area contributed by atoms with Gasteiger partial charge >= 0.3 is 5.97 Å². The van der Waals surface area contributed by atoms with Crippen LogP contribution in [0, 0.1) is 5.92 Å². The third kappa shape index (κ3) is 3.57. The number of aliphatic carboxylic acids is 1. The van der Waals surface area contributed by atoms with Crippen LogP contribution in [0.2, 0.25) is 0 Å². The highest BCUT2D eigenvalue weighted by Crippen LogP contribution is 2.17. The van der Waals surface area contributed by atoms with Crippen molar-refractivity contribution in [2.75, 3.05) is 0 Å². The van der Waals surface area contributed by atoms with Crippen LogP contribution >= 0.6 is 11.3 Å². The molecule has 1 unspecified atom stereocenters. The second-order valence-electron chi connectivity index (χ2n) is 4.29. The summed E-state index contributed by atoms with van der Waals surface area (Å²) in [6.45, 7) is 5.75. The minimum atomic E-state index is -0.982. The van der Waals surface area contributed by atoms with E-state index >= 15 is 0 Å². The number of nitrogens with one attached hydrogen (secondary N) is 1. The summed E-state index contributed by atoms with van der Waals surface area (Å²) in [4.78, 5) is 24.8. The van der Waals surface area contributed by atoms with Gasteiger partial charge in [0.15, 0.2) is 0 Å². The Kier molecular flexibility index (Phi) is 5.34. The fourth-order valence-corrected chi connectivity index (χ4v) is 2.44. The molecule has 4 nitrogen and oxygen atoms in total. The first kappa shape index (κ1) is 14.7. The van der Waals surface area contributed by atoms with Gasteiger partial charge in [0.2, 0.25) is 0 Å². The molecular weight excluding hydrogens is 250 g/mol. The molecule has 2 atom stereocenters. The Morgan fingerprint density at radius 3 is 2.50 bits per heavy atom. The van der Waals surface area contributed by atoms with Gasteiger partial charge in [-0.15, -0.1) is 11.3 Å². The van der Waals surface area contributed by atoms with Crippen LogP contribution in [0.15, 0.2) is 12.1 Å². The lowest BCUT2D eigenvalue weighted by Crippen LogP contribution is -2.44. The Morgan fingerprint density at radius 2 is 2.06 bits per heavy atom. The normalized spacial score (nSPS) is 13.9. The van der Waals surface area contributed by atoms with Gasteiger partial charge in [0, 0.05) is 4.88 Å². The van der Waals surface area contributed by atoms with Crippen LogP contribution in [0.4, 0.5) is 0 Å². The van der Waals surface area contributed by atoms with Crippen molar-refractivity contribution < 1.29 is 14.7 Å². The fourth-order valence-electron chi connectivity index (χ4n) is 1.59. The number of carbonyl (C=O) groups excluding carboxylic acids is 1. The van der Waals surface area contributed by atoms with Gasteiger partial charge < -0.3 is 10.4 Å². The summed E-state index contributed by atoms with van der Waals surface area (Å²) in [5.41, 5.74) is 0. The van der Waals surface area contributed by atoms with Gasteiger partial charge in [0.25, 0.3) is 5.91 Å². The first-order chi connectivity index (χ1) is 8.49. The largest absolute Gasteiger partial charge is 0.480 e. The maximum atomic E-state index is 11.9. The Morgan fingerprint density at radius 1 is 1.39 bits per heavy atom. The molecule has 5 heteroatoms. The molecule has 0 aliphatic heterocycles. The Balaban J connectivity index is 2.75. The van der Waals surface area contributed by atoms with Crippen LogP contribution in [-0.2, 0) is 11.2 Å². The molecule has 0 aliphatic rings. The summed E-state index contributed by atoms with van der Waals surface area (Å²) < 4.78 is 0. The third-order valence-electron chi connectivity index (χ3n) is 3.00. The Hall–Kier alpha value is -1.36. The first-order valence-electron chi connectivity index (χ1n) is 6.11. The maximum Gasteiger partial charge on any atom is 0.326 e. The highest BCUT2D eigenvalue weighted by atomic mass is 32.1. The van der Waals surface area contributed by atoms with Crippen molar-refractivity contribution in [2.24, 2.45) is 5.92 Å². The molecule has 18 heavy (non-hydrogen) atoms. The highest BCUT2D eigenvalue weighted by Gasteiger charge is 2.26. The van der Waals surface area contributed by atoms with Crippen LogP contribution in [-0.4, -0.2) is 23.0 Å². The van der Waals surface area contributed by atoms with E-state index in [4.69, 9.17) is 5.11 Å². The zero-order valence-corrected chi connectivity index (χ0v) is 11.7. The average Bonchev–Trinajstić information content (AvgIpc) is 2.83. The quantitative estimate of drug-likeness (QED) is 0.834. The van der Waals surface area contributed by atoms with Gasteiger partial charge in [-0.25, -0.2) is 4.79 Å². The predicted octanol–water partition coefficient (Wildman–Crippen LogP) is 2.54. The molecule has 2 N–H and O–H groups in total. The maximum absolute atomic E-state index is 11.9. The number of rotatable bonds is 6. The van der Waals surface area contributed by atoms with Crippen molar-refractivity contribution in [1.29, 1.82) is 0 Å². The van der Waals surface area contributed by atoms with E-state index in [9.17, 15) is 9.59 Å². The number of thiophene rings is 1. The van der Waals surface area contributed by atoms with Crippen molar-refractivity contribution in [3.63, 3.8) is 0 Å². The van der Waals surface area contributed by atoms with E-state index in [2.05, 4.69) is 5.32 Å². The smallest absolute Gasteiger partial charge is 0.326 e. The molecule has 0 fully saturated rings. The molecule has 0 saturated heterocycles. The van der Waals surface area contributed by atoms with Gasteiger partial charge in [0.1, 0.15) is 6.04 Å². The van der Waals surface area contributed by atoms with E-state index < -0.39 is 12.0 Å². The van der Waals surface area contributed by atoms with Crippen LogP contribution < -0.4 is 5.32 Å². The van der Waals surface area contributed by atoms with Gasteiger partial charge in [-0.3, -0.25) is 4.79 Å². The van der Waals surface area contributed by atoms with Crippen molar-refractivity contribution in [3.05, 3.63) is 21.9 Å². The summed E-state index contributed by atoms with van der Waals surface area (Å²) in [5, 5.41) is 11.7. The summed E-state index contributed by atoms with van der Waals surface area (Å²) in [6.07, 6.45) is 1.59. The van der Waals surface area contributed by atoms with Crippen molar-refractivity contribution in [1.82, 2.24) is 5.32 Å². The van der Waals surface area contributed by atoms with E-state index in [1.807, 2.05) is 26.8 Å². The average molecular weight is 269 g/mol. The van der Waals surface area contributed by atoms with E-state index in [0.717, 1.165) is 11.3 Å². The summed E-state index contributed by atoms with van der Waals surface area (Å²) in [7, 11) is 0. The number of carboxylic acid groups (broad SMARTS) is 1. The SMILES string of the molecule is CCc1ccc(C(=O)N[C@H](C(=O)O)C(C)CC)s1. The van der Waals surface area contributed by atoms with E-state index in [0.29, 0.717) is 11.3 Å². The molecule has 100 valence electrons. The molecule has 1 amide bonds. The number of carbonyl (C=O) groups is 2. The number of carboxylic acids is 1. The van der Waals surface area contributed by atoms with Crippen molar-refractivity contribution >= 4 is 23.2 Å². The molecular formula is C13H19NO3S. The van der Waals surface area contributed by atoms with Gasteiger partial charge in [-0.1, -0.05) is 27.2 Å². The van der Waals surface area contributed by atoms with Crippen LogP contribution in [0.1, 0.15) is 41.7 Å². The Bertz CT molecular complexity index is 428. The molecule has 0 aliphatic carbocycles. The first-order valence-corrected chi connectivity index (χ1v) is 6.93. The molecule has 1 heterocycles. The minimum absolute atomic E-state index is 0.0861. The lowest BCUT2D eigenvalue weighted by Gasteiger charge is -2.19. The second kappa shape index (κ2) is 6.54. The van der Waals surface area contributed by atoms with Crippen LogP contribution in [0.3, 0.4) is 0 Å². The molecule has 0 aromatic carbocycles. The van der Waals surface area contributed by atoms with Crippen LogP contribution in [0.25, 0.3) is 0 Å². The predicted molar refractivity (Wildman–Crippen MR) is 72.0 cm³/mol. The lowest BCUT2D eigenvalue weighted by atomic mass is 9.99. The topological polar surface area (TPSA) is 66.4 Å². The molecule has 1 aromatic heterocycles. The van der Waals surface area contributed by atoms with Crippen molar-refractivity contribution in [3.8, 4) is 0 Å². The molecule has 0 spiro atoms. The lowest BCUT2D eigenvalue weighted by molar-refractivity contribution is -0.140. The molecule has 1 rings (SSSR count). The Labute approximate surface area is 111 Å². The summed E-state index contributed by atoms with van der Waals surface area (Å²) in [5.74, 6) is -1.37. The minimum Gasteiger partial charge on any atom is -0.480 e. The van der Waals surface area contributed by atoms with E-state index in [1.165, 1.54) is 11.3 Å². The monoisotopic (exact) mass is 269 g/mol. The highest BCUT2D eigenvalue weighted by molar-refractivity contribution is 7.14. The number of hydrogen-bond acceptors (Lipinski definition) is 3. The third-order valence-corrected chi connectivity index (χ3v) is 4.23. The zero-order valence-electron chi connectivity index (χ0n) is 10.9. The zero-order chi connectivity index (χ0) is 13.7. The molecule has 0 saturated carbocycles.